The van der Waals surface area contributed by atoms with Crippen LogP contribution in [0.5, 0.6) is 0 Å². The first kappa shape index (κ1) is 18.5. The zero-order valence-corrected chi connectivity index (χ0v) is 16.7. The van der Waals surface area contributed by atoms with Crippen molar-refractivity contribution in [2.24, 2.45) is 0 Å². The Labute approximate surface area is 166 Å². The first-order chi connectivity index (χ1) is 13.6. The standard InChI is InChI=1S/C24H27N3O/c1-17-7-3-4-8-20(17)16-27-22-10-6-5-9-21(22)18(2)23(27)24(28)26-15-19-11-13-25-14-12-19/h3-4,7-8,11-14H,5-6,9-10,15-16H2,1-2H3,(H,26,28). The Morgan fingerprint density at radius 2 is 1.82 bits per heavy atom. The van der Waals surface area contributed by atoms with Crippen molar-refractivity contribution >= 4 is 5.91 Å². The van der Waals surface area contributed by atoms with E-state index < -0.39 is 0 Å². The summed E-state index contributed by atoms with van der Waals surface area (Å²) in [5.74, 6) is 0.0114. The van der Waals surface area contributed by atoms with Crippen LogP contribution in [0.25, 0.3) is 0 Å². The van der Waals surface area contributed by atoms with Crippen molar-refractivity contribution in [3.63, 3.8) is 0 Å². The lowest BCUT2D eigenvalue weighted by Gasteiger charge is -2.18. The molecular formula is C24H27N3O. The molecule has 4 nitrogen and oxygen atoms in total. The zero-order valence-electron chi connectivity index (χ0n) is 16.7. The van der Waals surface area contributed by atoms with E-state index in [0.717, 1.165) is 36.2 Å². The summed E-state index contributed by atoms with van der Waals surface area (Å²) in [6, 6.07) is 12.3. The van der Waals surface area contributed by atoms with E-state index in [1.807, 2.05) is 12.1 Å². The van der Waals surface area contributed by atoms with Gasteiger partial charge >= 0.3 is 0 Å². The summed E-state index contributed by atoms with van der Waals surface area (Å²) in [6.45, 7) is 5.52. The van der Waals surface area contributed by atoms with E-state index in [0.29, 0.717) is 6.54 Å². The normalized spacial score (nSPS) is 13.2. The minimum absolute atomic E-state index is 0.0114. The minimum Gasteiger partial charge on any atom is -0.347 e. The SMILES string of the molecule is Cc1ccccc1Cn1c2c(c(C)c1C(=O)NCc1ccncc1)CCCC2. The Hall–Kier alpha value is -2.88. The number of hydrogen-bond acceptors (Lipinski definition) is 2. The van der Waals surface area contributed by atoms with Crippen molar-refractivity contribution in [2.75, 3.05) is 0 Å². The van der Waals surface area contributed by atoms with E-state index in [-0.39, 0.29) is 5.91 Å². The molecule has 4 rings (SSSR count). The molecule has 0 unspecified atom stereocenters. The van der Waals surface area contributed by atoms with Gasteiger partial charge in [0.1, 0.15) is 5.69 Å². The van der Waals surface area contributed by atoms with Crippen LogP contribution in [0.1, 0.15) is 56.8 Å². The number of carbonyl (C=O) groups is 1. The molecule has 0 fully saturated rings. The molecule has 0 spiro atoms. The highest BCUT2D eigenvalue weighted by Gasteiger charge is 2.26. The van der Waals surface area contributed by atoms with Gasteiger partial charge in [-0.05, 0) is 79.5 Å². The van der Waals surface area contributed by atoms with E-state index in [4.69, 9.17) is 0 Å². The minimum atomic E-state index is 0.0114. The number of carbonyl (C=O) groups excluding carboxylic acids is 1. The predicted molar refractivity (Wildman–Crippen MR) is 111 cm³/mol. The topological polar surface area (TPSA) is 46.9 Å². The van der Waals surface area contributed by atoms with Crippen molar-refractivity contribution in [1.29, 1.82) is 0 Å². The fourth-order valence-electron chi connectivity index (χ4n) is 4.26. The molecule has 2 heterocycles. The molecule has 1 amide bonds. The summed E-state index contributed by atoms with van der Waals surface area (Å²) >= 11 is 0. The van der Waals surface area contributed by atoms with Crippen LogP contribution < -0.4 is 5.32 Å². The molecule has 4 heteroatoms. The fraction of sp³-hybridized carbons (Fsp3) is 0.333. The van der Waals surface area contributed by atoms with Crippen LogP contribution in [-0.4, -0.2) is 15.5 Å². The number of aromatic nitrogens is 2. The van der Waals surface area contributed by atoms with Gasteiger partial charge in [-0.1, -0.05) is 24.3 Å². The number of benzene rings is 1. The average molecular weight is 374 g/mol. The van der Waals surface area contributed by atoms with Crippen LogP contribution in [-0.2, 0) is 25.9 Å². The first-order valence-corrected chi connectivity index (χ1v) is 10.1. The number of nitrogens with one attached hydrogen (secondary N) is 1. The van der Waals surface area contributed by atoms with E-state index >= 15 is 0 Å². The molecule has 0 atom stereocenters. The second kappa shape index (κ2) is 8.01. The van der Waals surface area contributed by atoms with Crippen molar-refractivity contribution in [3.05, 3.63) is 88.0 Å². The molecule has 28 heavy (non-hydrogen) atoms. The van der Waals surface area contributed by atoms with Gasteiger partial charge in [-0.2, -0.15) is 0 Å². The summed E-state index contributed by atoms with van der Waals surface area (Å²) in [7, 11) is 0. The molecule has 1 N–H and O–H groups in total. The fourth-order valence-corrected chi connectivity index (χ4v) is 4.26. The van der Waals surface area contributed by atoms with Crippen LogP contribution in [0.4, 0.5) is 0 Å². The Balaban J connectivity index is 1.68. The zero-order chi connectivity index (χ0) is 19.5. The number of hydrogen-bond donors (Lipinski definition) is 1. The molecule has 3 aromatic rings. The maximum Gasteiger partial charge on any atom is 0.268 e. The molecule has 0 bridgehead atoms. The predicted octanol–water partition coefficient (Wildman–Crippen LogP) is 4.36. The summed E-state index contributed by atoms with van der Waals surface area (Å²) in [6.07, 6.45) is 8.05. The molecule has 0 saturated carbocycles. The Kier molecular flexibility index (Phi) is 5.29. The van der Waals surface area contributed by atoms with Crippen molar-refractivity contribution < 1.29 is 4.79 Å². The Morgan fingerprint density at radius 1 is 1.07 bits per heavy atom. The summed E-state index contributed by atoms with van der Waals surface area (Å²) in [4.78, 5) is 17.2. The number of amides is 1. The average Bonchev–Trinajstić information content (AvgIpc) is 3.01. The Morgan fingerprint density at radius 3 is 2.61 bits per heavy atom. The highest BCUT2D eigenvalue weighted by atomic mass is 16.1. The molecule has 1 aromatic carbocycles. The highest BCUT2D eigenvalue weighted by molar-refractivity contribution is 5.95. The number of nitrogens with zero attached hydrogens (tertiary/aromatic N) is 2. The van der Waals surface area contributed by atoms with Gasteiger partial charge in [0.05, 0.1) is 0 Å². The lowest BCUT2D eigenvalue weighted by atomic mass is 9.95. The van der Waals surface area contributed by atoms with Crippen LogP contribution in [0.2, 0.25) is 0 Å². The molecule has 2 aromatic heterocycles. The monoisotopic (exact) mass is 373 g/mol. The maximum absolute atomic E-state index is 13.2. The number of fused-ring (bicyclic) bond motifs is 1. The highest BCUT2D eigenvalue weighted by Crippen LogP contribution is 2.31. The second-order valence-electron chi connectivity index (χ2n) is 7.66. The lowest BCUT2D eigenvalue weighted by Crippen LogP contribution is -2.27. The summed E-state index contributed by atoms with van der Waals surface area (Å²) in [5, 5.41) is 3.12. The largest absolute Gasteiger partial charge is 0.347 e. The van der Waals surface area contributed by atoms with Crippen LogP contribution in [0.3, 0.4) is 0 Å². The maximum atomic E-state index is 13.2. The van der Waals surface area contributed by atoms with Gasteiger partial charge in [-0.3, -0.25) is 9.78 Å². The molecule has 0 radical (unpaired) electrons. The van der Waals surface area contributed by atoms with E-state index in [1.54, 1.807) is 12.4 Å². The lowest BCUT2D eigenvalue weighted by molar-refractivity contribution is 0.0941. The molecule has 0 saturated heterocycles. The van der Waals surface area contributed by atoms with Crippen molar-refractivity contribution in [3.8, 4) is 0 Å². The molecule has 144 valence electrons. The molecular weight excluding hydrogens is 346 g/mol. The Bertz CT molecular complexity index is 989. The second-order valence-corrected chi connectivity index (χ2v) is 7.66. The number of aryl methyl sites for hydroxylation is 1. The van der Waals surface area contributed by atoms with E-state index in [1.165, 1.54) is 35.2 Å². The third-order valence-corrected chi connectivity index (χ3v) is 5.85. The van der Waals surface area contributed by atoms with Gasteiger partial charge < -0.3 is 9.88 Å². The summed E-state index contributed by atoms with van der Waals surface area (Å²) < 4.78 is 2.27. The van der Waals surface area contributed by atoms with Crippen LogP contribution in [0, 0.1) is 13.8 Å². The smallest absolute Gasteiger partial charge is 0.268 e. The van der Waals surface area contributed by atoms with Crippen LogP contribution in [0.15, 0.2) is 48.8 Å². The van der Waals surface area contributed by atoms with Gasteiger partial charge in [-0.15, -0.1) is 0 Å². The van der Waals surface area contributed by atoms with Crippen LogP contribution >= 0.6 is 0 Å². The van der Waals surface area contributed by atoms with E-state index in [9.17, 15) is 4.79 Å². The van der Waals surface area contributed by atoms with Gasteiger partial charge in [-0.25, -0.2) is 0 Å². The van der Waals surface area contributed by atoms with Gasteiger partial charge in [0.2, 0.25) is 0 Å². The first-order valence-electron chi connectivity index (χ1n) is 10.1. The third kappa shape index (κ3) is 3.59. The molecule has 0 aliphatic heterocycles. The quantitative estimate of drug-likeness (QED) is 0.722. The number of rotatable bonds is 5. The van der Waals surface area contributed by atoms with Gasteiger partial charge in [0.25, 0.3) is 5.91 Å². The molecule has 1 aliphatic rings. The van der Waals surface area contributed by atoms with Crippen molar-refractivity contribution in [2.45, 2.75) is 52.6 Å². The van der Waals surface area contributed by atoms with Gasteiger partial charge in [0.15, 0.2) is 0 Å². The summed E-state index contributed by atoms with van der Waals surface area (Å²) in [5.41, 5.74) is 8.30. The number of pyridine rings is 1. The van der Waals surface area contributed by atoms with E-state index in [2.05, 4.69) is 53.0 Å². The van der Waals surface area contributed by atoms with Crippen molar-refractivity contribution in [1.82, 2.24) is 14.9 Å². The molecule has 1 aliphatic carbocycles. The van der Waals surface area contributed by atoms with Gasteiger partial charge in [0, 0.05) is 31.2 Å². The third-order valence-electron chi connectivity index (χ3n) is 5.85.